The molecule has 0 aliphatic heterocycles. The lowest BCUT2D eigenvalue weighted by molar-refractivity contribution is 0.117. The molecular formula is C11H28N2O3Si. The van der Waals surface area contributed by atoms with E-state index in [2.05, 4.69) is 38.3 Å². The third kappa shape index (κ3) is 6.49. The topological polar surface area (TPSA) is 51.8 Å². The summed E-state index contributed by atoms with van der Waals surface area (Å²) in [4.78, 5) is 0. The van der Waals surface area contributed by atoms with Crippen molar-refractivity contribution >= 4 is 8.80 Å². The Balaban J connectivity index is 4.57. The molecule has 104 valence electrons. The van der Waals surface area contributed by atoms with Crippen LogP contribution in [0.25, 0.3) is 0 Å². The lowest BCUT2D eigenvalue weighted by Crippen LogP contribution is -2.56. The Morgan fingerprint density at radius 1 is 0.824 bits per heavy atom. The summed E-state index contributed by atoms with van der Waals surface area (Å²) >= 11 is 0. The van der Waals surface area contributed by atoms with Crippen molar-refractivity contribution in [2.24, 2.45) is 0 Å². The van der Waals surface area contributed by atoms with Gasteiger partial charge in [-0.3, -0.25) is 10.6 Å². The van der Waals surface area contributed by atoms with Crippen molar-refractivity contribution in [1.29, 1.82) is 0 Å². The van der Waals surface area contributed by atoms with Gasteiger partial charge in [0.1, 0.15) is 0 Å². The summed E-state index contributed by atoms with van der Waals surface area (Å²) < 4.78 is 16.3. The monoisotopic (exact) mass is 264 g/mol. The van der Waals surface area contributed by atoms with Gasteiger partial charge in [-0.2, -0.15) is 0 Å². The number of hydrogen-bond acceptors (Lipinski definition) is 5. The maximum Gasteiger partial charge on any atom is 0.503 e. The van der Waals surface area contributed by atoms with Gasteiger partial charge in [0.2, 0.25) is 0 Å². The molecular weight excluding hydrogens is 236 g/mol. The molecule has 0 aliphatic rings. The fourth-order valence-electron chi connectivity index (χ4n) is 1.72. The van der Waals surface area contributed by atoms with E-state index >= 15 is 0 Å². The Morgan fingerprint density at radius 3 is 1.41 bits per heavy atom. The Bertz CT molecular complexity index is 181. The Morgan fingerprint density at radius 2 is 1.18 bits per heavy atom. The highest BCUT2D eigenvalue weighted by molar-refractivity contribution is 6.60. The summed E-state index contributed by atoms with van der Waals surface area (Å²) in [5.41, 5.74) is 0. The summed E-state index contributed by atoms with van der Waals surface area (Å²) in [7, 11) is 2.38. The van der Waals surface area contributed by atoms with Crippen molar-refractivity contribution in [3.8, 4) is 0 Å². The third-order valence-electron chi connectivity index (χ3n) is 2.46. The molecule has 0 rings (SSSR count). The number of rotatable bonds is 9. The molecule has 5 nitrogen and oxygen atoms in total. The van der Waals surface area contributed by atoms with Gasteiger partial charge < -0.3 is 13.3 Å². The second kappa shape index (κ2) is 8.18. The van der Waals surface area contributed by atoms with Gasteiger partial charge in [-0.15, -0.1) is 0 Å². The highest BCUT2D eigenvalue weighted by Crippen LogP contribution is 2.15. The molecule has 0 radical (unpaired) electrons. The van der Waals surface area contributed by atoms with Crippen molar-refractivity contribution < 1.29 is 13.3 Å². The van der Waals surface area contributed by atoms with Crippen molar-refractivity contribution in [1.82, 2.24) is 10.6 Å². The number of hydrogen-bond donors (Lipinski definition) is 2. The van der Waals surface area contributed by atoms with Crippen LogP contribution in [-0.4, -0.2) is 48.4 Å². The van der Waals surface area contributed by atoms with Gasteiger partial charge >= 0.3 is 8.80 Å². The molecule has 0 fully saturated rings. The molecule has 0 aromatic heterocycles. The van der Waals surface area contributed by atoms with E-state index in [0.29, 0.717) is 18.1 Å². The molecule has 0 aromatic carbocycles. The molecule has 0 amide bonds. The van der Waals surface area contributed by atoms with Crippen LogP contribution in [0, 0.1) is 0 Å². The molecule has 0 heterocycles. The van der Waals surface area contributed by atoms with Crippen molar-refractivity contribution in [3.63, 3.8) is 0 Å². The van der Waals surface area contributed by atoms with E-state index in [4.69, 9.17) is 13.3 Å². The maximum atomic E-state index is 5.44. The van der Waals surface area contributed by atoms with Crippen LogP contribution in [0.15, 0.2) is 0 Å². The minimum atomic E-state index is -2.54. The molecule has 6 heteroatoms. The van der Waals surface area contributed by atoms with E-state index < -0.39 is 8.80 Å². The summed E-state index contributed by atoms with van der Waals surface area (Å²) in [5.74, 6) is 0. The van der Waals surface area contributed by atoms with Gasteiger partial charge in [0, 0.05) is 39.5 Å². The van der Waals surface area contributed by atoms with Crippen molar-refractivity contribution in [3.05, 3.63) is 0 Å². The molecule has 0 unspecified atom stereocenters. The van der Waals surface area contributed by atoms with Crippen LogP contribution in [-0.2, 0) is 13.3 Å². The predicted octanol–water partition coefficient (Wildman–Crippen LogP) is 1.19. The van der Waals surface area contributed by atoms with Crippen molar-refractivity contribution in [2.75, 3.05) is 21.3 Å². The summed E-state index contributed by atoms with van der Waals surface area (Å²) in [6.45, 7) is 8.46. The molecule has 0 aliphatic carbocycles. The van der Waals surface area contributed by atoms with Gasteiger partial charge in [-0.05, 0) is 27.7 Å². The fourth-order valence-corrected chi connectivity index (χ4v) is 3.46. The molecule has 0 spiro atoms. The van der Waals surface area contributed by atoms with E-state index in [0.717, 1.165) is 0 Å². The first-order valence-electron chi connectivity index (χ1n) is 6.06. The van der Waals surface area contributed by atoms with Crippen molar-refractivity contribution in [2.45, 2.75) is 52.0 Å². The average Bonchev–Trinajstić information content (AvgIpc) is 2.24. The van der Waals surface area contributed by atoms with E-state index in [9.17, 15) is 0 Å². The molecule has 0 aromatic rings. The Hall–Kier alpha value is 0.0169. The highest BCUT2D eigenvalue weighted by Gasteiger charge is 2.40. The lowest BCUT2D eigenvalue weighted by Gasteiger charge is -2.31. The standard InChI is InChI=1S/C11H28N2O3Si/c1-9(2)12-11(13-10(3)4)8-17(14-5,15-6)16-7/h9-13H,8H2,1-7H3. The summed E-state index contributed by atoms with van der Waals surface area (Å²) in [6.07, 6.45) is 0.126. The molecule has 17 heavy (non-hydrogen) atoms. The van der Waals surface area contributed by atoms with Gasteiger partial charge in [-0.25, -0.2) is 0 Å². The Labute approximate surface area is 107 Å². The second-order valence-corrected chi connectivity index (χ2v) is 7.69. The highest BCUT2D eigenvalue weighted by atomic mass is 28.4. The fraction of sp³-hybridized carbons (Fsp3) is 1.00. The molecule has 0 saturated carbocycles. The largest absolute Gasteiger partial charge is 0.503 e. The first-order valence-corrected chi connectivity index (χ1v) is 7.99. The third-order valence-corrected chi connectivity index (χ3v) is 5.23. The zero-order valence-electron chi connectivity index (χ0n) is 12.2. The van der Waals surface area contributed by atoms with E-state index in [1.165, 1.54) is 0 Å². The maximum absolute atomic E-state index is 5.44. The average molecular weight is 264 g/mol. The SMILES string of the molecule is CO[Si](CC(NC(C)C)NC(C)C)(OC)OC. The van der Waals surface area contributed by atoms with Gasteiger partial charge in [0.05, 0.1) is 6.17 Å². The zero-order valence-corrected chi connectivity index (χ0v) is 13.2. The minimum Gasteiger partial charge on any atom is -0.377 e. The van der Waals surface area contributed by atoms with Gasteiger partial charge in [0.25, 0.3) is 0 Å². The van der Waals surface area contributed by atoms with E-state index in [1.807, 2.05) is 0 Å². The molecule has 0 saturated heterocycles. The first-order chi connectivity index (χ1) is 7.89. The predicted molar refractivity (Wildman–Crippen MR) is 71.9 cm³/mol. The van der Waals surface area contributed by atoms with E-state index in [-0.39, 0.29) is 6.17 Å². The smallest absolute Gasteiger partial charge is 0.377 e. The second-order valence-electron chi connectivity index (χ2n) is 4.69. The quantitative estimate of drug-likeness (QED) is 0.484. The van der Waals surface area contributed by atoms with Gasteiger partial charge in [0.15, 0.2) is 0 Å². The Kier molecular flexibility index (Phi) is 8.19. The van der Waals surface area contributed by atoms with E-state index in [1.54, 1.807) is 21.3 Å². The lowest BCUT2D eigenvalue weighted by atomic mass is 10.3. The normalized spacial score (nSPS) is 13.1. The molecule has 0 atom stereocenters. The number of nitrogens with one attached hydrogen (secondary N) is 2. The van der Waals surface area contributed by atoms with Crippen LogP contribution in [0.2, 0.25) is 6.04 Å². The van der Waals surface area contributed by atoms with Crippen LogP contribution in [0.3, 0.4) is 0 Å². The summed E-state index contributed by atoms with van der Waals surface area (Å²) in [5, 5.41) is 6.91. The van der Waals surface area contributed by atoms with Crippen LogP contribution >= 0.6 is 0 Å². The van der Waals surface area contributed by atoms with Crippen LogP contribution < -0.4 is 10.6 Å². The zero-order chi connectivity index (χ0) is 13.5. The van der Waals surface area contributed by atoms with Crippen LogP contribution in [0.1, 0.15) is 27.7 Å². The van der Waals surface area contributed by atoms with Crippen LogP contribution in [0.5, 0.6) is 0 Å². The van der Waals surface area contributed by atoms with Gasteiger partial charge in [-0.1, -0.05) is 0 Å². The first kappa shape index (κ1) is 17.0. The molecule has 2 N–H and O–H groups in total. The van der Waals surface area contributed by atoms with Crippen LogP contribution in [0.4, 0.5) is 0 Å². The summed E-state index contributed by atoms with van der Waals surface area (Å²) in [6, 6.07) is 1.49. The minimum absolute atomic E-state index is 0.126. The molecule has 0 bridgehead atoms.